The molecule has 3 aromatic rings. The van der Waals surface area contributed by atoms with Gasteiger partial charge in [-0.1, -0.05) is 17.3 Å². The van der Waals surface area contributed by atoms with Crippen LogP contribution in [0.5, 0.6) is 0 Å². The number of carbonyl (C=O) groups excluding carboxylic acids is 2. The van der Waals surface area contributed by atoms with Gasteiger partial charge in [0.1, 0.15) is 0 Å². The Kier molecular flexibility index (Phi) is 7.14. The fourth-order valence-electron chi connectivity index (χ4n) is 4.89. The molecular formula is C24H30N6O6. The average Bonchev–Trinajstić information content (AvgIpc) is 3.48. The number of amides is 2. The summed E-state index contributed by atoms with van der Waals surface area (Å²) < 4.78 is 13.2. The van der Waals surface area contributed by atoms with Crippen LogP contribution in [0.4, 0.5) is 4.79 Å². The number of imidazole rings is 1. The van der Waals surface area contributed by atoms with Crippen molar-refractivity contribution >= 4 is 23.0 Å². The van der Waals surface area contributed by atoms with Gasteiger partial charge in [-0.2, -0.15) is 4.98 Å². The van der Waals surface area contributed by atoms with Gasteiger partial charge in [-0.3, -0.25) is 9.36 Å². The molecule has 5 rings (SSSR count). The highest BCUT2D eigenvalue weighted by molar-refractivity contribution is 5.90. The van der Waals surface area contributed by atoms with Crippen LogP contribution in [-0.2, 0) is 17.8 Å². The number of hydrogen-bond donors (Lipinski definition) is 3. The zero-order chi connectivity index (χ0) is 25.1. The summed E-state index contributed by atoms with van der Waals surface area (Å²) >= 11 is 0. The molecular weight excluding hydrogens is 468 g/mol. The maximum Gasteiger partial charge on any atom is 0.337 e. The second kappa shape index (κ2) is 10.6. The second-order valence-corrected chi connectivity index (χ2v) is 9.43. The molecule has 1 aliphatic heterocycles. The maximum absolute atomic E-state index is 13.2. The Morgan fingerprint density at radius 3 is 2.53 bits per heavy atom. The zero-order valence-corrected chi connectivity index (χ0v) is 19.9. The lowest BCUT2D eigenvalue weighted by Crippen LogP contribution is -2.38. The minimum atomic E-state index is -0.613. The summed E-state index contributed by atoms with van der Waals surface area (Å²) in [6, 6.07) is 6.52. The molecule has 2 amide bonds. The SMILES string of the molecule is O=C(N[C@H]1CC[C@H](O)CC1)c1nc(CNC(=O)n2c(=O)n(CC3CCOCC3)c3ccccc32)no1. The Balaban J connectivity index is 1.25. The number of hydrogen-bond acceptors (Lipinski definition) is 8. The molecule has 0 atom stereocenters. The lowest BCUT2D eigenvalue weighted by Gasteiger charge is -2.25. The van der Waals surface area contributed by atoms with E-state index in [0.29, 0.717) is 62.4 Å². The Bertz CT molecular complexity index is 1280. The van der Waals surface area contributed by atoms with Crippen molar-refractivity contribution in [3.63, 3.8) is 0 Å². The molecule has 12 nitrogen and oxygen atoms in total. The highest BCUT2D eigenvalue weighted by Gasteiger charge is 2.25. The molecule has 2 aromatic heterocycles. The van der Waals surface area contributed by atoms with Crippen molar-refractivity contribution in [2.45, 2.75) is 63.8 Å². The summed E-state index contributed by atoms with van der Waals surface area (Å²) in [4.78, 5) is 42.7. The zero-order valence-electron chi connectivity index (χ0n) is 19.9. The number of aliphatic hydroxyl groups is 1. The number of nitrogens with zero attached hydrogens (tertiary/aromatic N) is 4. The first-order chi connectivity index (χ1) is 17.5. The molecule has 192 valence electrons. The molecule has 3 heterocycles. The first kappa shape index (κ1) is 24.2. The van der Waals surface area contributed by atoms with Crippen LogP contribution in [-0.4, -0.2) is 61.7 Å². The summed E-state index contributed by atoms with van der Waals surface area (Å²) in [6.45, 7) is 1.75. The van der Waals surface area contributed by atoms with Gasteiger partial charge in [-0.25, -0.2) is 14.2 Å². The predicted octanol–water partition coefficient (Wildman–Crippen LogP) is 1.40. The van der Waals surface area contributed by atoms with E-state index in [4.69, 9.17) is 9.26 Å². The number of benzene rings is 1. The summed E-state index contributed by atoms with van der Waals surface area (Å²) in [6.07, 6.45) is 4.05. The molecule has 1 aromatic carbocycles. The molecule has 1 saturated carbocycles. The van der Waals surface area contributed by atoms with E-state index in [1.807, 2.05) is 12.1 Å². The molecule has 0 bridgehead atoms. The van der Waals surface area contributed by atoms with Crippen LogP contribution in [0.2, 0.25) is 0 Å². The third-order valence-electron chi connectivity index (χ3n) is 6.91. The quantitative estimate of drug-likeness (QED) is 0.461. The van der Waals surface area contributed by atoms with Gasteiger partial charge in [0, 0.05) is 25.8 Å². The van der Waals surface area contributed by atoms with E-state index in [-0.39, 0.29) is 30.4 Å². The Labute approximate surface area is 206 Å². The van der Waals surface area contributed by atoms with Crippen LogP contribution in [0.3, 0.4) is 0 Å². The predicted molar refractivity (Wildman–Crippen MR) is 127 cm³/mol. The summed E-state index contributed by atoms with van der Waals surface area (Å²) in [7, 11) is 0. The molecule has 36 heavy (non-hydrogen) atoms. The van der Waals surface area contributed by atoms with E-state index in [2.05, 4.69) is 20.8 Å². The van der Waals surface area contributed by atoms with E-state index in [1.165, 1.54) is 0 Å². The van der Waals surface area contributed by atoms with Crippen LogP contribution in [0.25, 0.3) is 11.0 Å². The third-order valence-corrected chi connectivity index (χ3v) is 6.91. The van der Waals surface area contributed by atoms with E-state index < -0.39 is 17.6 Å². The first-order valence-corrected chi connectivity index (χ1v) is 12.4. The Hall–Kier alpha value is -3.51. The van der Waals surface area contributed by atoms with Crippen LogP contribution < -0.4 is 16.3 Å². The number of ether oxygens (including phenoxy) is 1. The average molecular weight is 499 g/mol. The largest absolute Gasteiger partial charge is 0.393 e. The molecule has 0 radical (unpaired) electrons. The van der Waals surface area contributed by atoms with Crippen molar-refractivity contribution in [2.24, 2.45) is 5.92 Å². The second-order valence-electron chi connectivity index (χ2n) is 9.43. The molecule has 1 aliphatic carbocycles. The molecule has 0 unspecified atom stereocenters. The topological polar surface area (TPSA) is 154 Å². The first-order valence-electron chi connectivity index (χ1n) is 12.4. The van der Waals surface area contributed by atoms with Crippen LogP contribution in [0.1, 0.15) is 55.0 Å². The van der Waals surface area contributed by atoms with Gasteiger partial charge < -0.3 is 25.0 Å². The number of fused-ring (bicyclic) bond motifs is 1. The fourth-order valence-corrected chi connectivity index (χ4v) is 4.89. The number of carbonyl (C=O) groups is 2. The molecule has 0 spiro atoms. The molecule has 2 fully saturated rings. The van der Waals surface area contributed by atoms with Crippen molar-refractivity contribution in [3.05, 3.63) is 46.5 Å². The van der Waals surface area contributed by atoms with E-state index >= 15 is 0 Å². The van der Waals surface area contributed by atoms with E-state index in [9.17, 15) is 19.5 Å². The minimum absolute atomic E-state index is 0.0544. The summed E-state index contributed by atoms with van der Waals surface area (Å²) in [5.41, 5.74) is 0.793. The Morgan fingerprint density at radius 1 is 1.06 bits per heavy atom. The third kappa shape index (κ3) is 5.19. The summed E-state index contributed by atoms with van der Waals surface area (Å²) in [5, 5.41) is 18.9. The monoisotopic (exact) mass is 498 g/mol. The standard InChI is InChI=1S/C24H30N6O6/c31-17-7-5-16(6-8-17)26-21(32)22-27-20(28-36-22)13-25-23(33)30-19-4-2-1-3-18(19)29(24(30)34)14-15-9-11-35-12-10-15/h1-4,15-17,31H,5-14H2,(H,25,33)(H,26,32)/t16-,17-. The minimum Gasteiger partial charge on any atom is -0.393 e. The highest BCUT2D eigenvalue weighted by Crippen LogP contribution is 2.20. The number of nitrogens with one attached hydrogen (secondary N) is 2. The van der Waals surface area contributed by atoms with Gasteiger partial charge in [0.05, 0.1) is 23.7 Å². The van der Waals surface area contributed by atoms with Gasteiger partial charge in [0.2, 0.25) is 0 Å². The van der Waals surface area contributed by atoms with Crippen molar-refractivity contribution in [1.82, 2.24) is 29.9 Å². The van der Waals surface area contributed by atoms with Crippen molar-refractivity contribution < 1.29 is 24.0 Å². The van der Waals surface area contributed by atoms with Crippen LogP contribution in [0.15, 0.2) is 33.6 Å². The lowest BCUT2D eigenvalue weighted by atomic mass is 9.93. The van der Waals surface area contributed by atoms with Gasteiger partial charge in [0.15, 0.2) is 5.82 Å². The maximum atomic E-state index is 13.2. The van der Waals surface area contributed by atoms with Crippen LogP contribution in [0, 0.1) is 5.92 Å². The van der Waals surface area contributed by atoms with Crippen molar-refractivity contribution in [3.8, 4) is 0 Å². The number of aliphatic hydroxyl groups excluding tert-OH is 1. The van der Waals surface area contributed by atoms with Crippen LogP contribution >= 0.6 is 0 Å². The van der Waals surface area contributed by atoms with E-state index in [0.717, 1.165) is 17.4 Å². The molecule has 3 N–H and O–H groups in total. The van der Waals surface area contributed by atoms with Gasteiger partial charge >= 0.3 is 23.5 Å². The lowest BCUT2D eigenvalue weighted by molar-refractivity contribution is 0.0613. The molecule has 2 aliphatic rings. The van der Waals surface area contributed by atoms with Gasteiger partial charge in [-0.15, -0.1) is 0 Å². The highest BCUT2D eigenvalue weighted by atomic mass is 16.5. The summed E-state index contributed by atoms with van der Waals surface area (Å²) in [5.74, 6) is -0.266. The number of aromatic nitrogens is 4. The Morgan fingerprint density at radius 2 is 1.78 bits per heavy atom. The number of para-hydroxylation sites is 2. The number of rotatable bonds is 6. The van der Waals surface area contributed by atoms with E-state index in [1.54, 1.807) is 16.7 Å². The van der Waals surface area contributed by atoms with Gasteiger partial charge in [0.25, 0.3) is 0 Å². The molecule has 12 heteroatoms. The smallest absolute Gasteiger partial charge is 0.337 e. The fraction of sp³-hybridized carbons (Fsp3) is 0.542. The van der Waals surface area contributed by atoms with Crippen molar-refractivity contribution in [2.75, 3.05) is 13.2 Å². The normalized spacial score (nSPS) is 20.9. The van der Waals surface area contributed by atoms with Crippen molar-refractivity contribution in [1.29, 1.82) is 0 Å². The molecule has 1 saturated heterocycles. The van der Waals surface area contributed by atoms with Gasteiger partial charge in [-0.05, 0) is 56.6 Å².